The van der Waals surface area contributed by atoms with Crippen LogP contribution in [0, 0.1) is 0 Å². The maximum absolute atomic E-state index is 12.4. The number of rotatable bonds is 5. The molecule has 0 aromatic rings. The van der Waals surface area contributed by atoms with E-state index in [-0.39, 0.29) is 0 Å². The van der Waals surface area contributed by atoms with Crippen LogP contribution in [-0.4, -0.2) is 18.5 Å². The summed E-state index contributed by atoms with van der Waals surface area (Å²) >= 11 is 0. The van der Waals surface area contributed by atoms with E-state index in [0.717, 1.165) is 6.08 Å². The molecular weight excluding hydrogens is 179 g/mol. The molecule has 1 atom stereocenters. The van der Waals surface area contributed by atoms with Gasteiger partial charge in [-0.3, -0.25) is 0 Å². The fourth-order valence-corrected chi connectivity index (χ4v) is 0.669. The molecule has 0 amide bonds. The Balaban J connectivity index is 3.95. The van der Waals surface area contributed by atoms with Gasteiger partial charge in [0.25, 0.3) is 12.3 Å². The molecule has 0 heterocycles. The molecule has 0 N–H and O–H groups in total. The van der Waals surface area contributed by atoms with Crippen molar-refractivity contribution in [1.82, 2.24) is 0 Å². The highest BCUT2D eigenvalue weighted by atomic mass is 19.3. The molecule has 0 aliphatic rings. The molecule has 0 aromatic heterocycles. The Morgan fingerprint density at radius 1 is 1.25 bits per heavy atom. The highest BCUT2D eigenvalue weighted by Crippen LogP contribution is 2.28. The SMILES string of the molecule is C=CCC(F)(F)CC(F)C(F)F. The van der Waals surface area contributed by atoms with Crippen molar-refractivity contribution in [1.29, 1.82) is 0 Å². The van der Waals surface area contributed by atoms with Crippen molar-refractivity contribution in [3.05, 3.63) is 12.7 Å². The number of halogens is 5. The van der Waals surface area contributed by atoms with Crippen LogP contribution in [0.1, 0.15) is 12.8 Å². The summed E-state index contributed by atoms with van der Waals surface area (Å²) in [5.41, 5.74) is 0. The van der Waals surface area contributed by atoms with Gasteiger partial charge in [0.2, 0.25) is 0 Å². The molecule has 0 radical (unpaired) electrons. The Hall–Kier alpha value is -0.610. The minimum absolute atomic E-state index is 0.778. The monoisotopic (exact) mass is 188 g/mol. The largest absolute Gasteiger partial charge is 0.269 e. The van der Waals surface area contributed by atoms with Crippen LogP contribution in [0.15, 0.2) is 12.7 Å². The Bertz CT molecular complexity index is 143. The van der Waals surface area contributed by atoms with E-state index in [1.807, 2.05) is 0 Å². The van der Waals surface area contributed by atoms with E-state index in [1.165, 1.54) is 0 Å². The second-order valence-electron chi connectivity index (χ2n) is 2.40. The quantitative estimate of drug-likeness (QED) is 0.459. The lowest BCUT2D eigenvalue weighted by molar-refractivity contribution is -0.0583. The van der Waals surface area contributed by atoms with Gasteiger partial charge >= 0.3 is 0 Å². The molecule has 0 aliphatic heterocycles. The van der Waals surface area contributed by atoms with E-state index in [2.05, 4.69) is 6.58 Å². The summed E-state index contributed by atoms with van der Waals surface area (Å²) in [4.78, 5) is 0. The van der Waals surface area contributed by atoms with Crippen molar-refractivity contribution in [3.8, 4) is 0 Å². The zero-order valence-electron chi connectivity index (χ0n) is 6.24. The molecule has 0 saturated heterocycles. The molecule has 0 aromatic carbocycles. The summed E-state index contributed by atoms with van der Waals surface area (Å²) in [5.74, 6) is -3.42. The van der Waals surface area contributed by atoms with Crippen molar-refractivity contribution in [2.75, 3.05) is 0 Å². The van der Waals surface area contributed by atoms with Crippen molar-refractivity contribution < 1.29 is 22.0 Å². The van der Waals surface area contributed by atoms with Crippen LogP contribution in [-0.2, 0) is 0 Å². The van der Waals surface area contributed by atoms with E-state index in [9.17, 15) is 22.0 Å². The summed E-state index contributed by atoms with van der Waals surface area (Å²) in [6.45, 7) is 3.01. The first-order valence-corrected chi connectivity index (χ1v) is 3.30. The summed E-state index contributed by atoms with van der Waals surface area (Å²) in [5, 5.41) is 0. The fraction of sp³-hybridized carbons (Fsp3) is 0.714. The van der Waals surface area contributed by atoms with E-state index >= 15 is 0 Å². The van der Waals surface area contributed by atoms with Gasteiger partial charge in [0.1, 0.15) is 0 Å². The Labute approximate surface area is 67.1 Å². The molecule has 0 rings (SSSR count). The predicted octanol–water partition coefficient (Wildman–Crippen LogP) is 3.19. The van der Waals surface area contributed by atoms with Crippen LogP contribution >= 0.6 is 0 Å². The standard InChI is InChI=1S/C7H9F5/c1-2-3-7(11,12)4-5(8)6(9)10/h2,5-6H,1,3-4H2. The topological polar surface area (TPSA) is 0 Å². The molecule has 0 saturated carbocycles. The van der Waals surface area contributed by atoms with E-state index in [0.29, 0.717) is 0 Å². The molecule has 12 heavy (non-hydrogen) atoms. The van der Waals surface area contributed by atoms with Gasteiger partial charge in [0, 0.05) is 12.8 Å². The molecule has 5 heteroatoms. The van der Waals surface area contributed by atoms with Crippen LogP contribution < -0.4 is 0 Å². The lowest BCUT2D eigenvalue weighted by Crippen LogP contribution is -2.25. The number of allylic oxidation sites excluding steroid dienone is 1. The zero-order valence-corrected chi connectivity index (χ0v) is 6.24. The van der Waals surface area contributed by atoms with Crippen LogP contribution in [0.2, 0.25) is 0 Å². The smallest absolute Gasteiger partial charge is 0.241 e. The third kappa shape index (κ3) is 4.31. The first kappa shape index (κ1) is 11.4. The minimum Gasteiger partial charge on any atom is -0.241 e. The zero-order chi connectivity index (χ0) is 9.78. The second kappa shape index (κ2) is 4.42. The lowest BCUT2D eigenvalue weighted by Gasteiger charge is -2.16. The van der Waals surface area contributed by atoms with Gasteiger partial charge < -0.3 is 0 Å². The highest BCUT2D eigenvalue weighted by Gasteiger charge is 2.35. The van der Waals surface area contributed by atoms with Crippen LogP contribution in [0.5, 0.6) is 0 Å². The molecule has 72 valence electrons. The summed E-state index contributed by atoms with van der Waals surface area (Å²) < 4.78 is 59.8. The minimum atomic E-state index is -3.42. The molecule has 0 nitrogen and oxygen atoms in total. The first-order chi connectivity index (χ1) is 5.39. The van der Waals surface area contributed by atoms with Gasteiger partial charge in [-0.2, -0.15) is 0 Å². The molecular formula is C7H9F5. The highest BCUT2D eigenvalue weighted by molar-refractivity contribution is 4.81. The van der Waals surface area contributed by atoms with Crippen molar-refractivity contribution >= 4 is 0 Å². The fourth-order valence-electron chi connectivity index (χ4n) is 0.669. The van der Waals surface area contributed by atoms with E-state index in [1.54, 1.807) is 0 Å². The normalized spacial score (nSPS) is 14.8. The van der Waals surface area contributed by atoms with Crippen LogP contribution in [0.25, 0.3) is 0 Å². The van der Waals surface area contributed by atoms with Gasteiger partial charge in [-0.1, -0.05) is 6.08 Å². The maximum atomic E-state index is 12.4. The molecule has 0 spiro atoms. The van der Waals surface area contributed by atoms with Gasteiger partial charge in [0.05, 0.1) is 0 Å². The van der Waals surface area contributed by atoms with Crippen molar-refractivity contribution in [2.24, 2.45) is 0 Å². The lowest BCUT2D eigenvalue weighted by atomic mass is 10.1. The van der Waals surface area contributed by atoms with Crippen LogP contribution in [0.3, 0.4) is 0 Å². The van der Waals surface area contributed by atoms with Gasteiger partial charge in [-0.05, 0) is 0 Å². The summed E-state index contributed by atoms with van der Waals surface area (Å²) in [7, 11) is 0. The second-order valence-corrected chi connectivity index (χ2v) is 2.40. The summed E-state index contributed by atoms with van der Waals surface area (Å²) in [6.07, 6.45) is -7.46. The molecule has 0 fully saturated rings. The predicted molar refractivity (Wildman–Crippen MR) is 35.3 cm³/mol. The third-order valence-corrected chi connectivity index (χ3v) is 1.21. The number of hydrogen-bond acceptors (Lipinski definition) is 0. The van der Waals surface area contributed by atoms with E-state index in [4.69, 9.17) is 0 Å². The molecule has 0 bridgehead atoms. The number of alkyl halides is 5. The van der Waals surface area contributed by atoms with Gasteiger partial charge in [-0.25, -0.2) is 22.0 Å². The number of hydrogen-bond donors (Lipinski definition) is 0. The first-order valence-electron chi connectivity index (χ1n) is 3.30. The van der Waals surface area contributed by atoms with Gasteiger partial charge in [-0.15, -0.1) is 6.58 Å². The molecule has 1 unspecified atom stereocenters. The van der Waals surface area contributed by atoms with Crippen LogP contribution in [0.4, 0.5) is 22.0 Å². The van der Waals surface area contributed by atoms with Crippen molar-refractivity contribution in [3.63, 3.8) is 0 Å². The third-order valence-electron chi connectivity index (χ3n) is 1.21. The Kier molecular flexibility index (Phi) is 4.20. The summed E-state index contributed by atoms with van der Waals surface area (Å²) in [6, 6.07) is 0. The van der Waals surface area contributed by atoms with Gasteiger partial charge in [0.15, 0.2) is 6.17 Å². The van der Waals surface area contributed by atoms with Crippen molar-refractivity contribution in [2.45, 2.75) is 31.4 Å². The molecule has 0 aliphatic carbocycles. The Morgan fingerprint density at radius 2 is 1.75 bits per heavy atom. The average molecular weight is 188 g/mol. The maximum Gasteiger partial charge on any atom is 0.269 e. The Morgan fingerprint density at radius 3 is 2.08 bits per heavy atom. The average Bonchev–Trinajstić information content (AvgIpc) is 1.85. The van der Waals surface area contributed by atoms with E-state index < -0.39 is 31.4 Å².